The zero-order valence-electron chi connectivity index (χ0n) is 20.0. The quantitative estimate of drug-likeness (QED) is 0.184. The molecule has 37 heavy (non-hydrogen) atoms. The van der Waals surface area contributed by atoms with E-state index in [-0.39, 0.29) is 11.4 Å². The van der Waals surface area contributed by atoms with Gasteiger partial charge in [0.2, 0.25) is 0 Å². The summed E-state index contributed by atoms with van der Waals surface area (Å²) in [5, 5.41) is 3.60. The summed E-state index contributed by atoms with van der Waals surface area (Å²) >= 11 is 18.3. The minimum absolute atomic E-state index is 0.104. The van der Waals surface area contributed by atoms with E-state index in [1.165, 1.54) is 11.5 Å². The monoisotopic (exact) mass is 574 g/mol. The van der Waals surface area contributed by atoms with Crippen molar-refractivity contribution in [2.45, 2.75) is 24.5 Å². The molecule has 0 N–H and O–H groups in total. The zero-order chi connectivity index (χ0) is 26.4. The van der Waals surface area contributed by atoms with E-state index >= 15 is 0 Å². The minimum atomic E-state index is -3.97. The molecular formula is C28H25Cl3N2O3S. The van der Waals surface area contributed by atoms with Gasteiger partial charge in [0.25, 0.3) is 10.0 Å². The van der Waals surface area contributed by atoms with Gasteiger partial charge in [-0.2, -0.15) is 0 Å². The van der Waals surface area contributed by atoms with Gasteiger partial charge in [0.15, 0.2) is 0 Å². The van der Waals surface area contributed by atoms with E-state index in [0.717, 1.165) is 16.7 Å². The predicted octanol–water partition coefficient (Wildman–Crippen LogP) is 7.46. The van der Waals surface area contributed by atoms with Crippen LogP contribution in [-0.4, -0.2) is 25.0 Å². The molecule has 0 aromatic heterocycles. The molecule has 0 aliphatic heterocycles. The van der Waals surface area contributed by atoms with E-state index < -0.39 is 10.0 Å². The van der Waals surface area contributed by atoms with E-state index in [4.69, 9.17) is 39.5 Å². The van der Waals surface area contributed by atoms with Crippen LogP contribution in [0.3, 0.4) is 0 Å². The van der Waals surface area contributed by atoms with Gasteiger partial charge in [0, 0.05) is 28.2 Å². The Balaban J connectivity index is 1.79. The average Bonchev–Trinajstić information content (AvgIpc) is 2.90. The van der Waals surface area contributed by atoms with Crippen molar-refractivity contribution in [1.82, 2.24) is 9.42 Å². The first-order chi connectivity index (χ1) is 17.7. The molecule has 4 aromatic carbocycles. The Morgan fingerprint density at radius 1 is 0.595 bits per heavy atom. The van der Waals surface area contributed by atoms with Crippen LogP contribution in [0.2, 0.25) is 15.1 Å². The first-order valence-electron chi connectivity index (χ1n) is 11.4. The van der Waals surface area contributed by atoms with Crippen LogP contribution >= 0.6 is 34.8 Å². The third-order valence-corrected chi connectivity index (χ3v) is 8.28. The predicted molar refractivity (Wildman–Crippen MR) is 149 cm³/mol. The SMILES string of the molecule is COc1ccc(S(=O)(=O)N(Cc2ccc(Cl)cc2)N(Cc2ccc(Cl)cc2)Cc2ccc(Cl)cc2)cc1. The number of sulfonamides is 1. The second kappa shape index (κ2) is 12.3. The van der Waals surface area contributed by atoms with Crippen molar-refractivity contribution in [3.8, 4) is 5.75 Å². The first-order valence-corrected chi connectivity index (χ1v) is 14.0. The number of hydrogen-bond acceptors (Lipinski definition) is 4. The molecule has 0 heterocycles. The second-order valence-corrected chi connectivity index (χ2v) is 11.5. The average molecular weight is 576 g/mol. The van der Waals surface area contributed by atoms with Gasteiger partial charge in [-0.3, -0.25) is 0 Å². The standard InChI is InChI=1S/C28H25Cl3N2O3S/c1-36-27-14-16-28(17-15-27)37(34,35)33(20-23-6-12-26(31)13-7-23)32(18-21-2-8-24(29)9-3-21)19-22-4-10-25(30)11-5-22/h2-17H,18-20H2,1H3. The maximum atomic E-state index is 14.1. The number of ether oxygens (including phenoxy) is 1. The Kier molecular flexibility index (Phi) is 9.13. The number of methoxy groups -OCH3 is 1. The first kappa shape index (κ1) is 27.5. The fourth-order valence-corrected chi connectivity index (χ4v) is 5.61. The Morgan fingerprint density at radius 2 is 0.973 bits per heavy atom. The van der Waals surface area contributed by atoms with Gasteiger partial charge >= 0.3 is 0 Å². The number of rotatable bonds is 10. The number of benzene rings is 4. The lowest BCUT2D eigenvalue weighted by molar-refractivity contribution is 0.0341. The van der Waals surface area contributed by atoms with Crippen molar-refractivity contribution in [2.24, 2.45) is 0 Å². The van der Waals surface area contributed by atoms with Gasteiger partial charge in [-0.25, -0.2) is 13.4 Å². The molecule has 192 valence electrons. The van der Waals surface area contributed by atoms with Crippen LogP contribution in [-0.2, 0) is 29.7 Å². The highest BCUT2D eigenvalue weighted by atomic mass is 35.5. The summed E-state index contributed by atoms with van der Waals surface area (Å²) in [5.41, 5.74) is 2.60. The Morgan fingerprint density at radius 3 is 1.35 bits per heavy atom. The van der Waals surface area contributed by atoms with E-state index in [2.05, 4.69) is 0 Å². The molecular weight excluding hydrogens is 551 g/mol. The van der Waals surface area contributed by atoms with E-state index in [0.29, 0.717) is 33.9 Å². The molecule has 0 spiro atoms. The highest BCUT2D eigenvalue weighted by Crippen LogP contribution is 2.27. The summed E-state index contributed by atoms with van der Waals surface area (Å²) < 4.78 is 34.8. The molecule has 4 aromatic rings. The molecule has 0 radical (unpaired) electrons. The zero-order valence-corrected chi connectivity index (χ0v) is 23.1. The van der Waals surface area contributed by atoms with Crippen molar-refractivity contribution < 1.29 is 13.2 Å². The lowest BCUT2D eigenvalue weighted by Gasteiger charge is -2.34. The topological polar surface area (TPSA) is 49.9 Å². The highest BCUT2D eigenvalue weighted by Gasteiger charge is 2.31. The molecule has 0 saturated heterocycles. The van der Waals surface area contributed by atoms with Crippen molar-refractivity contribution in [3.63, 3.8) is 0 Å². The number of hydrazine groups is 1. The smallest absolute Gasteiger partial charge is 0.256 e. The van der Waals surface area contributed by atoms with E-state index in [1.54, 1.807) is 65.7 Å². The van der Waals surface area contributed by atoms with Crippen LogP contribution in [0.25, 0.3) is 0 Å². The lowest BCUT2D eigenvalue weighted by atomic mass is 10.2. The molecule has 0 atom stereocenters. The van der Waals surface area contributed by atoms with E-state index in [9.17, 15) is 8.42 Å². The number of halogens is 3. The van der Waals surface area contributed by atoms with Crippen LogP contribution in [0.4, 0.5) is 0 Å². The molecule has 0 fully saturated rings. The van der Waals surface area contributed by atoms with Gasteiger partial charge in [0.1, 0.15) is 5.75 Å². The molecule has 0 saturated carbocycles. The molecule has 0 aliphatic carbocycles. The maximum Gasteiger partial charge on any atom is 0.256 e. The summed E-state index contributed by atoms with van der Waals surface area (Å²) in [4.78, 5) is 0.152. The fraction of sp³-hybridized carbons (Fsp3) is 0.143. The Hall–Kier alpha value is -2.58. The van der Waals surface area contributed by atoms with Gasteiger partial charge in [-0.15, -0.1) is 4.41 Å². The molecule has 4 rings (SSSR count). The minimum Gasteiger partial charge on any atom is -0.497 e. The molecule has 0 amide bonds. The summed E-state index contributed by atoms with van der Waals surface area (Å²) in [5.74, 6) is 0.572. The Bertz CT molecular complexity index is 1360. The van der Waals surface area contributed by atoms with Crippen LogP contribution in [0.1, 0.15) is 16.7 Å². The summed E-state index contributed by atoms with van der Waals surface area (Å²) in [6.07, 6.45) is 0. The van der Waals surface area contributed by atoms with Crippen LogP contribution in [0, 0.1) is 0 Å². The molecule has 0 aliphatic rings. The normalized spacial score (nSPS) is 11.7. The lowest BCUT2D eigenvalue weighted by Crippen LogP contribution is -2.45. The highest BCUT2D eigenvalue weighted by molar-refractivity contribution is 7.89. The largest absolute Gasteiger partial charge is 0.497 e. The molecule has 0 unspecified atom stereocenters. The van der Waals surface area contributed by atoms with Crippen molar-refractivity contribution in [3.05, 3.63) is 129 Å². The fourth-order valence-electron chi connectivity index (χ4n) is 3.77. The van der Waals surface area contributed by atoms with Crippen molar-refractivity contribution >= 4 is 44.8 Å². The van der Waals surface area contributed by atoms with Gasteiger partial charge in [-0.1, -0.05) is 71.2 Å². The molecule has 5 nitrogen and oxygen atoms in total. The van der Waals surface area contributed by atoms with Gasteiger partial charge < -0.3 is 4.74 Å². The van der Waals surface area contributed by atoms with E-state index in [1.807, 2.05) is 36.4 Å². The molecule has 0 bridgehead atoms. The van der Waals surface area contributed by atoms with Crippen LogP contribution < -0.4 is 4.74 Å². The number of hydrogen-bond donors (Lipinski definition) is 0. The van der Waals surface area contributed by atoms with Gasteiger partial charge in [-0.05, 0) is 77.4 Å². The summed E-state index contributed by atoms with van der Waals surface area (Å²) in [6, 6.07) is 28.2. The van der Waals surface area contributed by atoms with Crippen molar-refractivity contribution in [2.75, 3.05) is 7.11 Å². The summed E-state index contributed by atoms with van der Waals surface area (Å²) in [7, 11) is -2.43. The van der Waals surface area contributed by atoms with Crippen molar-refractivity contribution in [1.29, 1.82) is 0 Å². The van der Waals surface area contributed by atoms with Crippen LogP contribution in [0.5, 0.6) is 5.75 Å². The number of nitrogens with zero attached hydrogens (tertiary/aromatic N) is 2. The second-order valence-electron chi connectivity index (χ2n) is 8.36. The third-order valence-electron chi connectivity index (χ3n) is 5.74. The van der Waals surface area contributed by atoms with Crippen LogP contribution in [0.15, 0.2) is 102 Å². The Labute approximate surface area is 232 Å². The maximum absolute atomic E-state index is 14.1. The third kappa shape index (κ3) is 7.26. The van der Waals surface area contributed by atoms with Gasteiger partial charge in [0.05, 0.1) is 18.6 Å². The summed E-state index contributed by atoms with van der Waals surface area (Å²) in [6.45, 7) is 0.748. The molecule has 9 heteroatoms.